The lowest BCUT2D eigenvalue weighted by Crippen LogP contribution is -2.50. The Kier molecular flexibility index (Phi) is 4.34. The van der Waals surface area contributed by atoms with Gasteiger partial charge in [-0.3, -0.25) is 5.43 Å². The van der Waals surface area contributed by atoms with Gasteiger partial charge in [0.2, 0.25) is 0 Å². The number of nitrogens with zero attached hydrogens (tertiary/aromatic N) is 2. The molecule has 0 unspecified atom stereocenters. The van der Waals surface area contributed by atoms with Crippen LogP contribution in [0, 0.1) is 5.82 Å². The fourth-order valence-corrected chi connectivity index (χ4v) is 2.02. The number of nitrogens with one attached hydrogen (secondary N) is 1. The Morgan fingerprint density at radius 2 is 2.00 bits per heavy atom. The lowest BCUT2D eigenvalue weighted by molar-refractivity contribution is 0.102. The van der Waals surface area contributed by atoms with Crippen molar-refractivity contribution in [1.29, 1.82) is 0 Å². The van der Waals surface area contributed by atoms with Crippen LogP contribution in [0.2, 0.25) is 5.02 Å². The first-order valence-corrected chi connectivity index (χ1v) is 6.14. The second kappa shape index (κ2) is 5.78. The SMILES string of the molecule is CN1CCN(NCc2ccc(F)c(Cl)c2)CC1. The van der Waals surface area contributed by atoms with Gasteiger partial charge in [-0.05, 0) is 24.7 Å². The predicted octanol–water partition coefficient (Wildman–Crippen LogP) is 1.73. The molecule has 0 aliphatic carbocycles. The summed E-state index contributed by atoms with van der Waals surface area (Å²) in [6.45, 7) is 4.83. The van der Waals surface area contributed by atoms with Crippen LogP contribution in [0.15, 0.2) is 18.2 Å². The van der Waals surface area contributed by atoms with Crippen molar-refractivity contribution >= 4 is 11.6 Å². The van der Waals surface area contributed by atoms with Gasteiger partial charge in [0, 0.05) is 32.7 Å². The number of piperazine rings is 1. The van der Waals surface area contributed by atoms with Crippen LogP contribution in [0.4, 0.5) is 4.39 Å². The summed E-state index contributed by atoms with van der Waals surface area (Å²) in [5.41, 5.74) is 4.33. The monoisotopic (exact) mass is 257 g/mol. The van der Waals surface area contributed by atoms with Crippen molar-refractivity contribution in [2.24, 2.45) is 0 Å². The van der Waals surface area contributed by atoms with Gasteiger partial charge >= 0.3 is 0 Å². The Labute approximate surface area is 106 Å². The zero-order chi connectivity index (χ0) is 12.3. The van der Waals surface area contributed by atoms with E-state index < -0.39 is 0 Å². The van der Waals surface area contributed by atoms with Crippen LogP contribution in [0.3, 0.4) is 0 Å². The van der Waals surface area contributed by atoms with Gasteiger partial charge in [0.25, 0.3) is 0 Å². The van der Waals surface area contributed by atoms with Gasteiger partial charge in [0.15, 0.2) is 0 Å². The number of likely N-dealkylation sites (N-methyl/N-ethyl adjacent to an activating group) is 1. The first-order chi connectivity index (χ1) is 8.15. The van der Waals surface area contributed by atoms with Crippen LogP contribution in [0.25, 0.3) is 0 Å². The molecule has 0 amide bonds. The molecule has 17 heavy (non-hydrogen) atoms. The van der Waals surface area contributed by atoms with E-state index in [2.05, 4.69) is 22.4 Å². The quantitative estimate of drug-likeness (QED) is 0.890. The number of rotatable bonds is 3. The number of hydrogen-bond acceptors (Lipinski definition) is 3. The maximum absolute atomic E-state index is 13.0. The molecule has 3 nitrogen and oxygen atoms in total. The summed E-state index contributed by atoms with van der Waals surface area (Å²) in [7, 11) is 2.12. The lowest BCUT2D eigenvalue weighted by Gasteiger charge is -2.32. The van der Waals surface area contributed by atoms with Gasteiger partial charge in [-0.1, -0.05) is 17.7 Å². The van der Waals surface area contributed by atoms with Gasteiger partial charge in [0.05, 0.1) is 5.02 Å². The summed E-state index contributed by atoms with van der Waals surface area (Å²) in [5, 5.41) is 2.37. The molecule has 0 bridgehead atoms. The van der Waals surface area contributed by atoms with Crippen LogP contribution in [-0.4, -0.2) is 43.1 Å². The topological polar surface area (TPSA) is 18.5 Å². The van der Waals surface area contributed by atoms with Gasteiger partial charge < -0.3 is 4.90 Å². The molecule has 1 N–H and O–H groups in total. The van der Waals surface area contributed by atoms with E-state index in [0.717, 1.165) is 31.7 Å². The molecule has 94 valence electrons. The molecule has 1 aliphatic rings. The van der Waals surface area contributed by atoms with E-state index in [1.165, 1.54) is 6.07 Å². The molecule has 1 aromatic rings. The maximum Gasteiger partial charge on any atom is 0.141 e. The van der Waals surface area contributed by atoms with Crippen molar-refractivity contribution in [3.63, 3.8) is 0 Å². The number of halogens is 2. The largest absolute Gasteiger partial charge is 0.304 e. The molecule has 0 spiro atoms. The normalized spacial score (nSPS) is 18.5. The molecule has 0 radical (unpaired) electrons. The van der Waals surface area contributed by atoms with Crippen molar-refractivity contribution in [2.45, 2.75) is 6.54 Å². The third-order valence-electron chi connectivity index (χ3n) is 2.99. The summed E-state index contributed by atoms with van der Waals surface area (Å²) in [5.74, 6) is -0.366. The van der Waals surface area contributed by atoms with E-state index in [1.54, 1.807) is 12.1 Å². The molecule has 2 rings (SSSR count). The zero-order valence-electron chi connectivity index (χ0n) is 9.92. The molecule has 1 saturated heterocycles. The zero-order valence-corrected chi connectivity index (χ0v) is 10.7. The van der Waals surface area contributed by atoms with Gasteiger partial charge in [0.1, 0.15) is 5.82 Å². The molecule has 5 heteroatoms. The highest BCUT2D eigenvalue weighted by atomic mass is 35.5. The third-order valence-corrected chi connectivity index (χ3v) is 3.28. The summed E-state index contributed by atoms with van der Waals surface area (Å²) in [4.78, 5) is 2.30. The van der Waals surface area contributed by atoms with E-state index >= 15 is 0 Å². The van der Waals surface area contributed by atoms with Gasteiger partial charge in [-0.15, -0.1) is 0 Å². The summed E-state index contributed by atoms with van der Waals surface area (Å²) < 4.78 is 13.0. The number of benzene rings is 1. The fourth-order valence-electron chi connectivity index (χ4n) is 1.82. The Morgan fingerprint density at radius 1 is 1.29 bits per heavy atom. The first-order valence-electron chi connectivity index (χ1n) is 5.76. The highest BCUT2D eigenvalue weighted by molar-refractivity contribution is 6.30. The molecular weight excluding hydrogens is 241 g/mol. The predicted molar refractivity (Wildman–Crippen MR) is 67.3 cm³/mol. The average molecular weight is 258 g/mol. The highest BCUT2D eigenvalue weighted by Crippen LogP contribution is 2.15. The van der Waals surface area contributed by atoms with Crippen molar-refractivity contribution in [2.75, 3.05) is 33.2 Å². The minimum atomic E-state index is -0.366. The Hall–Kier alpha value is -0.680. The molecular formula is C12H17ClFN3. The van der Waals surface area contributed by atoms with E-state index in [4.69, 9.17) is 11.6 Å². The summed E-state index contributed by atoms with van der Waals surface area (Å²) in [6, 6.07) is 4.83. The fraction of sp³-hybridized carbons (Fsp3) is 0.500. The minimum absolute atomic E-state index is 0.183. The molecule has 1 aromatic carbocycles. The standard InChI is InChI=1S/C12H17ClFN3/c1-16-4-6-17(7-5-16)15-9-10-2-3-12(14)11(13)8-10/h2-3,8,15H,4-7,9H2,1H3. The van der Waals surface area contributed by atoms with Crippen molar-refractivity contribution in [1.82, 2.24) is 15.3 Å². The first kappa shape index (κ1) is 12.8. The smallest absolute Gasteiger partial charge is 0.141 e. The van der Waals surface area contributed by atoms with E-state index in [0.29, 0.717) is 6.54 Å². The summed E-state index contributed by atoms with van der Waals surface area (Å²) >= 11 is 5.73. The van der Waals surface area contributed by atoms with Crippen LogP contribution in [-0.2, 0) is 6.54 Å². The van der Waals surface area contributed by atoms with Gasteiger partial charge in [-0.25, -0.2) is 9.40 Å². The average Bonchev–Trinajstić information content (AvgIpc) is 2.33. The van der Waals surface area contributed by atoms with E-state index in [1.807, 2.05) is 0 Å². The molecule has 1 heterocycles. The Morgan fingerprint density at radius 3 is 2.65 bits per heavy atom. The Balaban J connectivity index is 1.83. The van der Waals surface area contributed by atoms with Crippen LogP contribution in [0.1, 0.15) is 5.56 Å². The van der Waals surface area contributed by atoms with Crippen LogP contribution >= 0.6 is 11.6 Å². The van der Waals surface area contributed by atoms with Crippen molar-refractivity contribution in [3.05, 3.63) is 34.6 Å². The number of hydrazine groups is 1. The lowest BCUT2D eigenvalue weighted by atomic mass is 10.2. The molecule has 0 aromatic heterocycles. The molecule has 0 atom stereocenters. The third kappa shape index (κ3) is 3.64. The molecule has 1 aliphatic heterocycles. The minimum Gasteiger partial charge on any atom is -0.304 e. The van der Waals surface area contributed by atoms with E-state index in [9.17, 15) is 4.39 Å². The second-order valence-corrected chi connectivity index (χ2v) is 4.78. The molecule has 0 saturated carbocycles. The maximum atomic E-state index is 13.0. The second-order valence-electron chi connectivity index (χ2n) is 4.37. The van der Waals surface area contributed by atoms with Crippen molar-refractivity contribution in [3.8, 4) is 0 Å². The Bertz CT molecular complexity index is 378. The number of hydrogen-bond donors (Lipinski definition) is 1. The molecule has 1 fully saturated rings. The summed E-state index contributed by atoms with van der Waals surface area (Å²) in [6.07, 6.45) is 0. The van der Waals surface area contributed by atoms with Crippen LogP contribution in [0.5, 0.6) is 0 Å². The van der Waals surface area contributed by atoms with Crippen LogP contribution < -0.4 is 5.43 Å². The van der Waals surface area contributed by atoms with E-state index in [-0.39, 0.29) is 10.8 Å². The van der Waals surface area contributed by atoms with Crippen molar-refractivity contribution < 1.29 is 4.39 Å². The highest BCUT2D eigenvalue weighted by Gasteiger charge is 2.12. The van der Waals surface area contributed by atoms with Gasteiger partial charge in [-0.2, -0.15) is 0 Å².